The molecule has 3 nitrogen and oxygen atoms in total. The van der Waals surface area contributed by atoms with Crippen molar-refractivity contribution in [1.29, 1.82) is 0 Å². The fourth-order valence-electron chi connectivity index (χ4n) is 1.04. The van der Waals surface area contributed by atoms with Gasteiger partial charge in [0.25, 0.3) is 0 Å². The van der Waals surface area contributed by atoms with Crippen LogP contribution in [0.1, 0.15) is 39.7 Å². The number of anilines is 1. The Bertz CT molecular complexity index is 272. The van der Waals surface area contributed by atoms with E-state index in [2.05, 4.69) is 43.0 Å². The van der Waals surface area contributed by atoms with Crippen molar-refractivity contribution in [3.63, 3.8) is 0 Å². The summed E-state index contributed by atoms with van der Waals surface area (Å²) in [5.74, 6) is 0.722. The normalized spacial score (nSPS) is 11.4. The minimum absolute atomic E-state index is 0.128. The fraction of sp³-hybridized carbons (Fsp3) is 0.636. The van der Waals surface area contributed by atoms with E-state index in [0.717, 1.165) is 18.9 Å². The van der Waals surface area contributed by atoms with Crippen LogP contribution in [0.15, 0.2) is 12.4 Å². The van der Waals surface area contributed by atoms with E-state index in [4.69, 9.17) is 0 Å². The van der Waals surface area contributed by atoms with Gasteiger partial charge in [-0.25, -0.2) is 9.97 Å². The van der Waals surface area contributed by atoms with Crippen molar-refractivity contribution in [3.05, 3.63) is 18.0 Å². The van der Waals surface area contributed by atoms with Crippen molar-refractivity contribution in [2.45, 2.75) is 39.5 Å². The topological polar surface area (TPSA) is 37.8 Å². The van der Waals surface area contributed by atoms with Crippen molar-refractivity contribution >= 4 is 5.95 Å². The van der Waals surface area contributed by atoms with E-state index in [1.165, 1.54) is 5.56 Å². The van der Waals surface area contributed by atoms with Gasteiger partial charge in [-0.1, -0.05) is 27.7 Å². The highest BCUT2D eigenvalue weighted by Crippen LogP contribution is 2.20. The summed E-state index contributed by atoms with van der Waals surface area (Å²) in [6.07, 6.45) is 4.88. The van der Waals surface area contributed by atoms with Gasteiger partial charge in [0.2, 0.25) is 5.95 Å². The van der Waals surface area contributed by atoms with Gasteiger partial charge in [0.15, 0.2) is 0 Å². The molecule has 0 aliphatic carbocycles. The lowest BCUT2D eigenvalue weighted by molar-refractivity contribution is 0.584. The first-order valence-corrected chi connectivity index (χ1v) is 5.10. The van der Waals surface area contributed by atoms with Gasteiger partial charge >= 0.3 is 0 Å². The summed E-state index contributed by atoms with van der Waals surface area (Å²) in [6.45, 7) is 9.52. The summed E-state index contributed by atoms with van der Waals surface area (Å²) in [7, 11) is 0. The van der Waals surface area contributed by atoms with E-state index in [1.54, 1.807) is 0 Å². The molecule has 0 aromatic carbocycles. The largest absolute Gasteiger partial charge is 0.354 e. The molecule has 0 aliphatic rings. The van der Waals surface area contributed by atoms with Crippen LogP contribution in [-0.2, 0) is 5.41 Å². The van der Waals surface area contributed by atoms with Gasteiger partial charge in [0.05, 0.1) is 0 Å². The second-order valence-corrected chi connectivity index (χ2v) is 4.47. The maximum atomic E-state index is 4.26. The predicted octanol–water partition coefficient (Wildman–Crippen LogP) is 2.60. The molecule has 78 valence electrons. The zero-order chi connectivity index (χ0) is 10.6. The minimum Gasteiger partial charge on any atom is -0.354 e. The van der Waals surface area contributed by atoms with Crippen LogP contribution in [0.4, 0.5) is 5.95 Å². The lowest BCUT2D eigenvalue weighted by Crippen LogP contribution is -2.13. The van der Waals surface area contributed by atoms with E-state index >= 15 is 0 Å². The first-order chi connectivity index (χ1) is 6.54. The number of hydrogen-bond donors (Lipinski definition) is 1. The first-order valence-electron chi connectivity index (χ1n) is 5.10. The molecular formula is C11H19N3. The third kappa shape index (κ3) is 2.98. The van der Waals surface area contributed by atoms with E-state index in [9.17, 15) is 0 Å². The van der Waals surface area contributed by atoms with Crippen molar-refractivity contribution in [2.75, 3.05) is 11.9 Å². The Morgan fingerprint density at radius 1 is 1.21 bits per heavy atom. The molecule has 14 heavy (non-hydrogen) atoms. The summed E-state index contributed by atoms with van der Waals surface area (Å²) in [5.41, 5.74) is 1.29. The van der Waals surface area contributed by atoms with Crippen LogP contribution < -0.4 is 5.32 Å². The van der Waals surface area contributed by atoms with Gasteiger partial charge in [-0.15, -0.1) is 0 Å². The average molecular weight is 193 g/mol. The van der Waals surface area contributed by atoms with Crippen LogP contribution in [0.3, 0.4) is 0 Å². The van der Waals surface area contributed by atoms with Crippen LogP contribution >= 0.6 is 0 Å². The molecular weight excluding hydrogens is 174 g/mol. The summed E-state index contributed by atoms with van der Waals surface area (Å²) in [6, 6.07) is 0. The molecule has 0 aliphatic heterocycles. The Morgan fingerprint density at radius 3 is 2.21 bits per heavy atom. The molecule has 3 heteroatoms. The molecule has 0 saturated heterocycles. The molecule has 0 radical (unpaired) electrons. The Kier molecular flexibility index (Phi) is 3.44. The SMILES string of the molecule is CCCNc1ncc(C(C)(C)C)cn1. The van der Waals surface area contributed by atoms with Crippen LogP contribution in [-0.4, -0.2) is 16.5 Å². The quantitative estimate of drug-likeness (QED) is 0.801. The molecule has 0 atom stereocenters. The summed E-state index contributed by atoms with van der Waals surface area (Å²) >= 11 is 0. The Hall–Kier alpha value is -1.12. The van der Waals surface area contributed by atoms with Gasteiger partial charge in [-0.05, 0) is 17.4 Å². The molecule has 1 N–H and O–H groups in total. The highest BCUT2D eigenvalue weighted by atomic mass is 15.1. The van der Waals surface area contributed by atoms with Crippen molar-refractivity contribution in [2.24, 2.45) is 0 Å². The van der Waals surface area contributed by atoms with Gasteiger partial charge in [-0.3, -0.25) is 0 Å². The second kappa shape index (κ2) is 4.40. The molecule has 1 aromatic rings. The average Bonchev–Trinajstić information content (AvgIpc) is 2.14. The molecule has 0 fully saturated rings. The van der Waals surface area contributed by atoms with Crippen LogP contribution in [0.2, 0.25) is 0 Å². The van der Waals surface area contributed by atoms with E-state index in [0.29, 0.717) is 0 Å². The molecule has 1 aromatic heterocycles. The van der Waals surface area contributed by atoms with Crippen LogP contribution in [0.5, 0.6) is 0 Å². The number of hydrogen-bond acceptors (Lipinski definition) is 3. The zero-order valence-electron chi connectivity index (χ0n) is 9.46. The van der Waals surface area contributed by atoms with Gasteiger partial charge in [0.1, 0.15) is 0 Å². The van der Waals surface area contributed by atoms with Crippen LogP contribution in [0, 0.1) is 0 Å². The first kappa shape index (κ1) is 11.0. The highest BCUT2D eigenvalue weighted by Gasteiger charge is 2.14. The highest BCUT2D eigenvalue weighted by molar-refractivity contribution is 5.26. The molecule has 0 bridgehead atoms. The fourth-order valence-corrected chi connectivity index (χ4v) is 1.04. The van der Waals surface area contributed by atoms with Crippen molar-refractivity contribution in [3.8, 4) is 0 Å². The number of nitrogens with one attached hydrogen (secondary N) is 1. The molecule has 0 saturated carbocycles. The molecule has 1 rings (SSSR count). The van der Waals surface area contributed by atoms with E-state index < -0.39 is 0 Å². The predicted molar refractivity (Wildman–Crippen MR) is 59.5 cm³/mol. The third-order valence-electron chi connectivity index (χ3n) is 2.05. The van der Waals surface area contributed by atoms with E-state index in [-0.39, 0.29) is 5.41 Å². The van der Waals surface area contributed by atoms with Gasteiger partial charge in [0, 0.05) is 18.9 Å². The van der Waals surface area contributed by atoms with Gasteiger partial charge < -0.3 is 5.32 Å². The Labute approximate surface area is 86.0 Å². The lowest BCUT2D eigenvalue weighted by Gasteiger charge is -2.17. The van der Waals surface area contributed by atoms with Crippen LogP contribution in [0.25, 0.3) is 0 Å². The standard InChI is InChI=1S/C11H19N3/c1-5-6-12-10-13-7-9(8-14-10)11(2,3)4/h7-8H,5-6H2,1-4H3,(H,12,13,14). The molecule has 0 spiro atoms. The third-order valence-corrected chi connectivity index (χ3v) is 2.05. The lowest BCUT2D eigenvalue weighted by atomic mass is 9.89. The summed E-state index contributed by atoms with van der Waals surface area (Å²) in [5, 5.41) is 3.15. The smallest absolute Gasteiger partial charge is 0.222 e. The maximum absolute atomic E-state index is 4.26. The molecule has 0 unspecified atom stereocenters. The van der Waals surface area contributed by atoms with E-state index in [1.807, 2.05) is 12.4 Å². The van der Waals surface area contributed by atoms with Gasteiger partial charge in [-0.2, -0.15) is 0 Å². The number of aromatic nitrogens is 2. The zero-order valence-corrected chi connectivity index (χ0v) is 9.46. The number of nitrogens with zero attached hydrogens (tertiary/aromatic N) is 2. The van der Waals surface area contributed by atoms with Crippen molar-refractivity contribution in [1.82, 2.24) is 9.97 Å². The monoisotopic (exact) mass is 193 g/mol. The Balaban J connectivity index is 2.69. The summed E-state index contributed by atoms with van der Waals surface area (Å²) < 4.78 is 0. The molecule has 0 amide bonds. The number of rotatable bonds is 3. The summed E-state index contributed by atoms with van der Waals surface area (Å²) in [4.78, 5) is 8.52. The minimum atomic E-state index is 0.128. The maximum Gasteiger partial charge on any atom is 0.222 e. The Morgan fingerprint density at radius 2 is 1.79 bits per heavy atom. The van der Waals surface area contributed by atoms with Crippen molar-refractivity contribution < 1.29 is 0 Å². The second-order valence-electron chi connectivity index (χ2n) is 4.47. The molecule has 1 heterocycles.